The topological polar surface area (TPSA) is 15.3 Å². The zero-order valence-corrected chi connectivity index (χ0v) is 12.0. The van der Waals surface area contributed by atoms with Gasteiger partial charge in [0.05, 0.1) is 0 Å². The van der Waals surface area contributed by atoms with Crippen LogP contribution in [-0.4, -0.2) is 26.2 Å². The Kier molecular flexibility index (Phi) is 5.20. The van der Waals surface area contributed by atoms with Crippen LogP contribution in [0.3, 0.4) is 0 Å². The first kappa shape index (κ1) is 14.3. The van der Waals surface area contributed by atoms with E-state index in [9.17, 15) is 4.39 Å². The van der Waals surface area contributed by atoms with Crippen LogP contribution in [0.2, 0.25) is 0 Å². The minimum Gasteiger partial charge on any atom is -0.373 e. The normalized spacial score (nSPS) is 23.3. The first-order chi connectivity index (χ1) is 9.15. The highest BCUT2D eigenvalue weighted by molar-refractivity contribution is 5.45. The number of halogens is 1. The van der Waals surface area contributed by atoms with Crippen molar-refractivity contribution in [2.75, 3.05) is 25.0 Å². The number of nitrogens with one attached hydrogen (secondary N) is 1. The average Bonchev–Trinajstić information content (AvgIpc) is 2.39. The van der Waals surface area contributed by atoms with E-state index >= 15 is 0 Å². The molecule has 0 bridgehead atoms. The molecule has 1 aliphatic carbocycles. The molecule has 0 aliphatic heterocycles. The Balaban J connectivity index is 1.71. The minimum absolute atomic E-state index is 0.175. The summed E-state index contributed by atoms with van der Waals surface area (Å²) in [5.74, 6) is 0.688. The smallest absolute Gasteiger partial charge is 0.123 e. The molecule has 0 saturated heterocycles. The van der Waals surface area contributed by atoms with Gasteiger partial charge in [-0.2, -0.15) is 0 Å². The maximum atomic E-state index is 12.9. The molecule has 1 saturated carbocycles. The number of anilines is 1. The Hall–Kier alpha value is -1.09. The minimum atomic E-state index is -0.175. The first-order valence-corrected chi connectivity index (χ1v) is 7.35. The molecule has 2 atom stereocenters. The summed E-state index contributed by atoms with van der Waals surface area (Å²) in [6.45, 7) is 4.29. The van der Waals surface area contributed by atoms with Crippen molar-refractivity contribution >= 4 is 5.69 Å². The molecule has 0 amide bonds. The Morgan fingerprint density at radius 2 is 2.00 bits per heavy atom. The molecule has 2 nitrogen and oxygen atoms in total. The molecule has 3 heteroatoms. The lowest BCUT2D eigenvalue weighted by Gasteiger charge is -2.28. The molecule has 0 radical (unpaired) electrons. The molecule has 106 valence electrons. The van der Waals surface area contributed by atoms with Crippen molar-refractivity contribution in [1.82, 2.24) is 5.32 Å². The second-order valence-corrected chi connectivity index (χ2v) is 5.82. The van der Waals surface area contributed by atoms with Crippen molar-refractivity contribution in [3.63, 3.8) is 0 Å². The standard InChI is InChI=1S/C16H25FN2/c1-13-4-3-5-15(12-13)18-10-11-19(2)16-8-6-14(17)7-9-16/h6-9,13,15,18H,3-5,10-12H2,1-2H3. The van der Waals surface area contributed by atoms with Crippen LogP contribution in [0.15, 0.2) is 24.3 Å². The van der Waals surface area contributed by atoms with E-state index < -0.39 is 0 Å². The fraction of sp³-hybridized carbons (Fsp3) is 0.625. The fourth-order valence-electron chi connectivity index (χ4n) is 2.88. The van der Waals surface area contributed by atoms with Crippen molar-refractivity contribution in [2.24, 2.45) is 5.92 Å². The van der Waals surface area contributed by atoms with E-state index in [0.717, 1.165) is 24.7 Å². The van der Waals surface area contributed by atoms with Crippen LogP contribution in [0.1, 0.15) is 32.6 Å². The number of hydrogen-bond donors (Lipinski definition) is 1. The third-order valence-electron chi connectivity index (χ3n) is 4.08. The van der Waals surface area contributed by atoms with Gasteiger partial charge in [0.15, 0.2) is 0 Å². The van der Waals surface area contributed by atoms with Crippen molar-refractivity contribution in [1.29, 1.82) is 0 Å². The lowest BCUT2D eigenvalue weighted by atomic mass is 9.87. The molecule has 1 aliphatic rings. The molecule has 19 heavy (non-hydrogen) atoms. The van der Waals surface area contributed by atoms with Crippen molar-refractivity contribution < 1.29 is 4.39 Å². The van der Waals surface area contributed by atoms with Crippen LogP contribution < -0.4 is 10.2 Å². The SMILES string of the molecule is CC1CCCC(NCCN(C)c2ccc(F)cc2)C1. The van der Waals surface area contributed by atoms with Crippen LogP contribution in [0, 0.1) is 11.7 Å². The van der Waals surface area contributed by atoms with E-state index in [0.29, 0.717) is 6.04 Å². The second kappa shape index (κ2) is 6.90. The quantitative estimate of drug-likeness (QED) is 0.876. The van der Waals surface area contributed by atoms with E-state index in [-0.39, 0.29) is 5.82 Å². The highest BCUT2D eigenvalue weighted by atomic mass is 19.1. The van der Waals surface area contributed by atoms with Crippen LogP contribution in [0.25, 0.3) is 0 Å². The number of nitrogens with zero attached hydrogens (tertiary/aromatic N) is 1. The number of benzene rings is 1. The van der Waals surface area contributed by atoms with Gasteiger partial charge in [-0.15, -0.1) is 0 Å². The summed E-state index contributed by atoms with van der Waals surface area (Å²) in [6.07, 6.45) is 5.35. The predicted octanol–water partition coefficient (Wildman–Crippen LogP) is 3.43. The lowest BCUT2D eigenvalue weighted by Crippen LogP contribution is -2.38. The van der Waals surface area contributed by atoms with Crippen molar-refractivity contribution in [2.45, 2.75) is 38.6 Å². The van der Waals surface area contributed by atoms with Crippen LogP contribution >= 0.6 is 0 Å². The van der Waals surface area contributed by atoms with Gasteiger partial charge in [0.2, 0.25) is 0 Å². The van der Waals surface area contributed by atoms with E-state index in [2.05, 4.69) is 24.2 Å². The Bertz CT molecular complexity index is 377. The van der Waals surface area contributed by atoms with Gasteiger partial charge < -0.3 is 10.2 Å². The molecule has 2 rings (SSSR count). The predicted molar refractivity (Wildman–Crippen MR) is 79.1 cm³/mol. The number of likely N-dealkylation sites (N-methyl/N-ethyl adjacent to an activating group) is 1. The average molecular weight is 264 g/mol. The van der Waals surface area contributed by atoms with Gasteiger partial charge in [0.25, 0.3) is 0 Å². The summed E-state index contributed by atoms with van der Waals surface area (Å²) in [4.78, 5) is 2.17. The van der Waals surface area contributed by atoms with Gasteiger partial charge in [-0.25, -0.2) is 4.39 Å². The van der Waals surface area contributed by atoms with Gasteiger partial charge in [-0.05, 0) is 43.0 Å². The summed E-state index contributed by atoms with van der Waals surface area (Å²) in [5, 5.41) is 3.65. The largest absolute Gasteiger partial charge is 0.373 e. The van der Waals surface area contributed by atoms with Gasteiger partial charge in [-0.1, -0.05) is 19.8 Å². The highest BCUT2D eigenvalue weighted by Crippen LogP contribution is 2.23. The molecule has 1 fully saturated rings. The monoisotopic (exact) mass is 264 g/mol. The zero-order chi connectivity index (χ0) is 13.7. The van der Waals surface area contributed by atoms with Crippen LogP contribution in [-0.2, 0) is 0 Å². The molecule has 1 aromatic carbocycles. The van der Waals surface area contributed by atoms with Crippen molar-refractivity contribution in [3.05, 3.63) is 30.1 Å². The molecule has 1 N–H and O–H groups in total. The summed E-state index contributed by atoms with van der Waals surface area (Å²) >= 11 is 0. The van der Waals surface area contributed by atoms with E-state index in [4.69, 9.17) is 0 Å². The number of hydrogen-bond acceptors (Lipinski definition) is 2. The molecular formula is C16H25FN2. The maximum Gasteiger partial charge on any atom is 0.123 e. The van der Waals surface area contributed by atoms with Crippen LogP contribution in [0.5, 0.6) is 0 Å². The summed E-state index contributed by atoms with van der Waals surface area (Å²) in [5.41, 5.74) is 1.07. The highest BCUT2D eigenvalue weighted by Gasteiger charge is 2.17. The van der Waals surface area contributed by atoms with Gasteiger partial charge in [-0.3, -0.25) is 0 Å². The van der Waals surface area contributed by atoms with Gasteiger partial charge in [0, 0.05) is 31.9 Å². The fourth-order valence-corrected chi connectivity index (χ4v) is 2.88. The van der Waals surface area contributed by atoms with E-state index in [1.54, 1.807) is 0 Å². The third-order valence-corrected chi connectivity index (χ3v) is 4.08. The lowest BCUT2D eigenvalue weighted by molar-refractivity contribution is 0.303. The Labute approximate surface area is 116 Å². The maximum absolute atomic E-state index is 12.9. The molecule has 1 aromatic rings. The molecule has 0 aromatic heterocycles. The summed E-state index contributed by atoms with van der Waals surface area (Å²) in [6, 6.07) is 7.38. The van der Waals surface area contributed by atoms with Crippen LogP contribution in [0.4, 0.5) is 10.1 Å². The number of rotatable bonds is 5. The summed E-state index contributed by atoms with van der Waals surface area (Å²) < 4.78 is 12.9. The molecular weight excluding hydrogens is 239 g/mol. The molecule has 2 unspecified atom stereocenters. The molecule has 0 spiro atoms. The zero-order valence-electron chi connectivity index (χ0n) is 12.0. The first-order valence-electron chi connectivity index (χ1n) is 7.35. The molecule has 0 heterocycles. The second-order valence-electron chi connectivity index (χ2n) is 5.82. The van der Waals surface area contributed by atoms with Gasteiger partial charge >= 0.3 is 0 Å². The Morgan fingerprint density at radius 1 is 1.26 bits per heavy atom. The van der Waals surface area contributed by atoms with Crippen molar-refractivity contribution in [3.8, 4) is 0 Å². The van der Waals surface area contributed by atoms with Gasteiger partial charge in [0.1, 0.15) is 5.82 Å². The summed E-state index contributed by atoms with van der Waals surface area (Å²) in [7, 11) is 2.05. The third kappa shape index (κ3) is 4.50. The van der Waals surface area contributed by atoms with E-state index in [1.807, 2.05) is 12.1 Å². The Morgan fingerprint density at radius 3 is 2.68 bits per heavy atom. The van der Waals surface area contributed by atoms with E-state index in [1.165, 1.54) is 37.8 Å².